The molecule has 0 radical (unpaired) electrons. The van der Waals surface area contributed by atoms with Gasteiger partial charge in [-0.1, -0.05) is 18.2 Å². The van der Waals surface area contributed by atoms with Gasteiger partial charge in [-0.3, -0.25) is 9.59 Å². The minimum Gasteiger partial charge on any atom is -0.462 e. The summed E-state index contributed by atoms with van der Waals surface area (Å²) in [5.74, 6) is -0.676. The zero-order valence-corrected chi connectivity index (χ0v) is 18.8. The van der Waals surface area contributed by atoms with Gasteiger partial charge in [-0.05, 0) is 86.6 Å². The maximum atomic E-state index is 12.9. The fraction of sp³-hybridized carbons (Fsp3) is 0.160. The van der Waals surface area contributed by atoms with E-state index in [2.05, 4.69) is 0 Å². The summed E-state index contributed by atoms with van der Waals surface area (Å²) in [7, 11) is 0. The molecule has 7 heteroatoms. The summed E-state index contributed by atoms with van der Waals surface area (Å²) >= 11 is 0.939. The van der Waals surface area contributed by atoms with Gasteiger partial charge in [0.15, 0.2) is 0 Å². The fourth-order valence-electron chi connectivity index (χ4n) is 3.70. The molecule has 0 aliphatic carbocycles. The molecule has 2 heterocycles. The van der Waals surface area contributed by atoms with E-state index in [-0.39, 0.29) is 17.1 Å². The summed E-state index contributed by atoms with van der Waals surface area (Å²) in [6, 6.07) is 18.1. The number of nitrogens with zero attached hydrogens (tertiary/aromatic N) is 2. The summed E-state index contributed by atoms with van der Waals surface area (Å²) in [5, 5.41) is -0.309. The first-order valence-electron chi connectivity index (χ1n) is 10.2. The number of esters is 1. The van der Waals surface area contributed by atoms with Crippen LogP contribution in [-0.2, 0) is 9.53 Å². The van der Waals surface area contributed by atoms with E-state index >= 15 is 0 Å². The maximum Gasteiger partial charge on any atom is 0.338 e. The minimum atomic E-state index is -0.352. The molecule has 0 unspecified atom stereocenters. The van der Waals surface area contributed by atoms with E-state index in [1.165, 1.54) is 4.90 Å². The van der Waals surface area contributed by atoms with Crippen molar-refractivity contribution in [3.63, 3.8) is 0 Å². The molecule has 3 aromatic rings. The molecule has 32 heavy (non-hydrogen) atoms. The van der Waals surface area contributed by atoms with Gasteiger partial charge in [0, 0.05) is 17.1 Å². The van der Waals surface area contributed by atoms with Gasteiger partial charge < -0.3 is 9.30 Å². The lowest BCUT2D eigenvalue weighted by atomic mass is 10.2. The predicted molar refractivity (Wildman–Crippen MR) is 126 cm³/mol. The van der Waals surface area contributed by atoms with Crippen LogP contribution in [0.2, 0.25) is 0 Å². The lowest BCUT2D eigenvalue weighted by Gasteiger charge is -2.11. The molecule has 1 fully saturated rings. The Morgan fingerprint density at radius 3 is 2.34 bits per heavy atom. The normalized spacial score (nSPS) is 15.0. The van der Waals surface area contributed by atoms with Crippen LogP contribution in [0.3, 0.4) is 0 Å². The average Bonchev–Trinajstić information content (AvgIpc) is 3.23. The first-order chi connectivity index (χ1) is 15.4. The highest BCUT2D eigenvalue weighted by molar-refractivity contribution is 8.19. The van der Waals surface area contributed by atoms with Crippen LogP contribution in [0.1, 0.15) is 34.2 Å². The zero-order valence-electron chi connectivity index (χ0n) is 18.0. The van der Waals surface area contributed by atoms with Crippen molar-refractivity contribution in [3.8, 4) is 5.69 Å². The molecule has 0 atom stereocenters. The molecular formula is C25H22N2O4S. The zero-order chi connectivity index (χ0) is 22.8. The van der Waals surface area contributed by atoms with E-state index in [0.717, 1.165) is 34.4 Å². The number of carbonyl (C=O) groups is 3. The van der Waals surface area contributed by atoms with Crippen LogP contribution in [0.25, 0.3) is 11.8 Å². The van der Waals surface area contributed by atoms with Gasteiger partial charge in [0.1, 0.15) is 0 Å². The minimum absolute atomic E-state index is 0.309. The molecule has 6 nitrogen and oxygen atoms in total. The highest BCUT2D eigenvalue weighted by Crippen LogP contribution is 2.36. The average molecular weight is 447 g/mol. The Morgan fingerprint density at radius 1 is 1.00 bits per heavy atom. The number of rotatable bonds is 5. The number of amides is 2. The molecule has 1 aromatic heterocycles. The second-order valence-electron chi connectivity index (χ2n) is 7.28. The van der Waals surface area contributed by atoms with Crippen LogP contribution in [0.5, 0.6) is 0 Å². The molecule has 1 aliphatic heterocycles. The smallest absolute Gasteiger partial charge is 0.338 e. The molecule has 1 saturated heterocycles. The van der Waals surface area contributed by atoms with Gasteiger partial charge in [0.2, 0.25) is 0 Å². The molecule has 162 valence electrons. The molecular weight excluding hydrogens is 424 g/mol. The molecule has 2 aromatic carbocycles. The number of para-hydroxylation sites is 1. The number of imide groups is 1. The Kier molecular flexibility index (Phi) is 6.01. The molecule has 4 rings (SSSR count). The predicted octanol–water partition coefficient (Wildman–Crippen LogP) is 5.51. The maximum absolute atomic E-state index is 12.9. The van der Waals surface area contributed by atoms with Crippen molar-refractivity contribution in [1.29, 1.82) is 0 Å². The summed E-state index contributed by atoms with van der Waals surface area (Å²) in [4.78, 5) is 38.9. The van der Waals surface area contributed by atoms with Gasteiger partial charge in [-0.2, -0.15) is 0 Å². The summed E-state index contributed by atoms with van der Waals surface area (Å²) in [5.41, 5.74) is 4.71. The molecule has 2 amide bonds. The van der Waals surface area contributed by atoms with Crippen LogP contribution < -0.4 is 4.90 Å². The molecule has 0 bridgehead atoms. The molecule has 0 N–H and O–H groups in total. The molecule has 0 saturated carbocycles. The highest BCUT2D eigenvalue weighted by Gasteiger charge is 2.36. The number of ether oxygens (including phenoxy) is 1. The lowest BCUT2D eigenvalue weighted by molar-refractivity contribution is -0.113. The number of hydrogen-bond donors (Lipinski definition) is 0. The third kappa shape index (κ3) is 3.99. The second-order valence-corrected chi connectivity index (χ2v) is 8.28. The van der Waals surface area contributed by atoms with Crippen molar-refractivity contribution >= 4 is 40.6 Å². The van der Waals surface area contributed by atoms with E-state index in [1.807, 2.05) is 42.7 Å². The highest BCUT2D eigenvalue weighted by atomic mass is 32.2. The van der Waals surface area contributed by atoms with E-state index in [1.54, 1.807) is 49.4 Å². The first-order valence-corrected chi connectivity index (χ1v) is 11.0. The summed E-state index contributed by atoms with van der Waals surface area (Å²) < 4.78 is 7.08. The van der Waals surface area contributed by atoms with Crippen LogP contribution in [0.15, 0.2) is 65.6 Å². The van der Waals surface area contributed by atoms with Crippen molar-refractivity contribution < 1.29 is 19.1 Å². The summed E-state index contributed by atoms with van der Waals surface area (Å²) in [6.45, 7) is 6.03. The third-order valence-corrected chi connectivity index (χ3v) is 6.07. The SMILES string of the molecule is CCOC(=O)c1ccc(-n2c(C)cc(/C=C3\SC(=O)N(c4ccccc4)C3=O)c2C)cc1. The third-order valence-electron chi connectivity index (χ3n) is 5.20. The Bertz CT molecular complexity index is 1230. The van der Waals surface area contributed by atoms with Crippen LogP contribution in [-0.4, -0.2) is 28.3 Å². The number of aromatic nitrogens is 1. The van der Waals surface area contributed by atoms with E-state index < -0.39 is 0 Å². The Balaban J connectivity index is 1.64. The standard InChI is InChI=1S/C25H22N2O4S/c1-4-31-24(29)18-10-12-21(13-11-18)26-16(2)14-19(17(26)3)15-22-23(28)27(25(30)32-22)20-8-6-5-7-9-20/h5-15H,4H2,1-3H3/b22-15-. The number of thioether (sulfide) groups is 1. The quantitative estimate of drug-likeness (QED) is 0.382. The first kappa shape index (κ1) is 21.6. The van der Waals surface area contributed by atoms with Crippen LogP contribution in [0, 0.1) is 13.8 Å². The Hall–Kier alpha value is -3.58. The van der Waals surface area contributed by atoms with Gasteiger partial charge in [-0.25, -0.2) is 9.69 Å². The number of anilines is 1. The molecule has 0 spiro atoms. The lowest BCUT2D eigenvalue weighted by Crippen LogP contribution is -2.27. The number of aryl methyl sites for hydroxylation is 1. The molecule has 1 aliphatic rings. The number of hydrogen-bond acceptors (Lipinski definition) is 5. The van der Waals surface area contributed by atoms with Gasteiger partial charge >= 0.3 is 5.97 Å². The van der Waals surface area contributed by atoms with Crippen LogP contribution >= 0.6 is 11.8 Å². The number of benzene rings is 2. The van der Waals surface area contributed by atoms with E-state index in [9.17, 15) is 14.4 Å². The monoisotopic (exact) mass is 446 g/mol. The Morgan fingerprint density at radius 2 is 1.69 bits per heavy atom. The fourth-order valence-corrected chi connectivity index (χ4v) is 4.53. The summed E-state index contributed by atoms with van der Waals surface area (Å²) in [6.07, 6.45) is 1.76. The van der Waals surface area contributed by atoms with Gasteiger partial charge in [0.05, 0.1) is 22.8 Å². The van der Waals surface area contributed by atoms with Crippen LogP contribution in [0.4, 0.5) is 10.5 Å². The van der Waals surface area contributed by atoms with Crippen molar-refractivity contribution in [3.05, 3.63) is 88.1 Å². The van der Waals surface area contributed by atoms with Crippen molar-refractivity contribution in [2.45, 2.75) is 20.8 Å². The Labute approximate surface area is 190 Å². The van der Waals surface area contributed by atoms with E-state index in [0.29, 0.717) is 22.8 Å². The van der Waals surface area contributed by atoms with Crippen molar-refractivity contribution in [2.24, 2.45) is 0 Å². The van der Waals surface area contributed by atoms with Crippen molar-refractivity contribution in [2.75, 3.05) is 11.5 Å². The number of carbonyl (C=O) groups excluding carboxylic acids is 3. The topological polar surface area (TPSA) is 68.6 Å². The van der Waals surface area contributed by atoms with Crippen molar-refractivity contribution in [1.82, 2.24) is 4.57 Å². The second kappa shape index (κ2) is 8.88. The largest absolute Gasteiger partial charge is 0.462 e. The van der Waals surface area contributed by atoms with Gasteiger partial charge in [-0.15, -0.1) is 0 Å². The van der Waals surface area contributed by atoms with E-state index in [4.69, 9.17) is 4.74 Å². The van der Waals surface area contributed by atoms with Gasteiger partial charge in [0.25, 0.3) is 11.1 Å².